The van der Waals surface area contributed by atoms with Crippen molar-refractivity contribution in [3.63, 3.8) is 0 Å². The van der Waals surface area contributed by atoms with Crippen LogP contribution in [-0.4, -0.2) is 33.6 Å². The molecule has 0 bridgehead atoms. The SMILES string of the molecule is CCC(O)(C(O)CO)C(C)(C)C(C)C. The van der Waals surface area contributed by atoms with Crippen LogP contribution in [0.1, 0.15) is 41.0 Å². The molecular formula is C11H24O3. The fourth-order valence-electron chi connectivity index (χ4n) is 1.77. The maximum absolute atomic E-state index is 10.4. The van der Waals surface area contributed by atoms with Gasteiger partial charge in [0.2, 0.25) is 0 Å². The van der Waals surface area contributed by atoms with Gasteiger partial charge in [-0.15, -0.1) is 0 Å². The van der Waals surface area contributed by atoms with E-state index in [1.165, 1.54) is 0 Å². The van der Waals surface area contributed by atoms with Gasteiger partial charge in [-0.25, -0.2) is 0 Å². The van der Waals surface area contributed by atoms with Crippen LogP contribution in [0.25, 0.3) is 0 Å². The van der Waals surface area contributed by atoms with E-state index >= 15 is 0 Å². The second-order valence-electron chi connectivity index (χ2n) is 4.85. The lowest BCUT2D eigenvalue weighted by Gasteiger charge is -2.47. The fraction of sp³-hybridized carbons (Fsp3) is 1.00. The molecule has 0 amide bonds. The Morgan fingerprint density at radius 2 is 1.64 bits per heavy atom. The van der Waals surface area contributed by atoms with Crippen LogP contribution in [0.4, 0.5) is 0 Å². The predicted octanol–water partition coefficient (Wildman–Crippen LogP) is 1.16. The Morgan fingerprint density at radius 3 is 1.86 bits per heavy atom. The first-order valence-corrected chi connectivity index (χ1v) is 5.25. The van der Waals surface area contributed by atoms with Crippen LogP contribution in [0.5, 0.6) is 0 Å². The molecule has 3 heteroatoms. The highest BCUT2D eigenvalue weighted by molar-refractivity contribution is 4.99. The van der Waals surface area contributed by atoms with E-state index in [4.69, 9.17) is 5.11 Å². The van der Waals surface area contributed by atoms with Crippen LogP contribution in [0.3, 0.4) is 0 Å². The molecule has 0 aromatic heterocycles. The predicted molar refractivity (Wildman–Crippen MR) is 57.0 cm³/mol. The van der Waals surface area contributed by atoms with Crippen LogP contribution in [0.2, 0.25) is 0 Å². The number of hydrogen-bond acceptors (Lipinski definition) is 3. The third-order valence-corrected chi connectivity index (χ3v) is 3.82. The average molecular weight is 204 g/mol. The lowest BCUT2D eigenvalue weighted by atomic mass is 9.64. The largest absolute Gasteiger partial charge is 0.394 e. The third-order valence-electron chi connectivity index (χ3n) is 3.82. The van der Waals surface area contributed by atoms with Gasteiger partial charge in [0.05, 0.1) is 12.2 Å². The highest BCUT2D eigenvalue weighted by atomic mass is 16.4. The Balaban J connectivity index is 5.02. The highest BCUT2D eigenvalue weighted by Crippen LogP contribution is 2.42. The van der Waals surface area contributed by atoms with Crippen LogP contribution < -0.4 is 0 Å². The third kappa shape index (κ3) is 2.10. The molecule has 0 aromatic rings. The summed E-state index contributed by atoms with van der Waals surface area (Å²) in [6.45, 7) is 9.26. The molecule has 0 saturated heterocycles. The van der Waals surface area contributed by atoms with E-state index in [2.05, 4.69) is 0 Å². The smallest absolute Gasteiger partial charge is 0.106 e. The summed E-state index contributed by atoms with van der Waals surface area (Å²) in [5.74, 6) is 0.230. The van der Waals surface area contributed by atoms with E-state index < -0.39 is 23.7 Å². The molecule has 0 aliphatic rings. The average Bonchev–Trinajstić information content (AvgIpc) is 2.14. The molecule has 0 heterocycles. The molecule has 0 radical (unpaired) electrons. The van der Waals surface area contributed by atoms with Gasteiger partial charge in [-0.1, -0.05) is 34.6 Å². The summed E-state index contributed by atoms with van der Waals surface area (Å²) in [6.07, 6.45) is -0.648. The molecule has 0 fully saturated rings. The van der Waals surface area contributed by atoms with Crippen LogP contribution in [0.15, 0.2) is 0 Å². The summed E-state index contributed by atoms with van der Waals surface area (Å²) in [5, 5.41) is 29.0. The maximum Gasteiger partial charge on any atom is 0.106 e. The molecule has 14 heavy (non-hydrogen) atoms. The van der Waals surface area contributed by atoms with Crippen LogP contribution in [0, 0.1) is 11.3 Å². The van der Waals surface area contributed by atoms with Crippen LogP contribution >= 0.6 is 0 Å². The van der Waals surface area contributed by atoms with Gasteiger partial charge in [0, 0.05) is 0 Å². The van der Waals surface area contributed by atoms with Gasteiger partial charge in [0.25, 0.3) is 0 Å². The van der Waals surface area contributed by atoms with Gasteiger partial charge in [-0.2, -0.15) is 0 Å². The molecule has 2 unspecified atom stereocenters. The second kappa shape index (κ2) is 4.60. The normalized spacial score (nSPS) is 19.5. The fourth-order valence-corrected chi connectivity index (χ4v) is 1.77. The van der Waals surface area contributed by atoms with Crippen molar-refractivity contribution in [3.8, 4) is 0 Å². The molecule has 0 saturated carbocycles. The molecular weight excluding hydrogens is 180 g/mol. The van der Waals surface area contributed by atoms with E-state index in [0.717, 1.165) is 0 Å². The topological polar surface area (TPSA) is 60.7 Å². The molecule has 3 nitrogen and oxygen atoms in total. The van der Waals surface area contributed by atoms with Crippen molar-refractivity contribution in [3.05, 3.63) is 0 Å². The van der Waals surface area contributed by atoms with Gasteiger partial charge in [0.1, 0.15) is 6.10 Å². The zero-order valence-corrected chi connectivity index (χ0v) is 9.91. The summed E-state index contributed by atoms with van der Waals surface area (Å²) in [5.41, 5.74) is -1.65. The van der Waals surface area contributed by atoms with E-state index in [0.29, 0.717) is 6.42 Å². The summed E-state index contributed by atoms with van der Waals surface area (Å²) >= 11 is 0. The Morgan fingerprint density at radius 1 is 1.21 bits per heavy atom. The Kier molecular flexibility index (Phi) is 4.56. The molecule has 0 aliphatic heterocycles. The van der Waals surface area contributed by atoms with Gasteiger partial charge in [-0.05, 0) is 17.8 Å². The number of rotatable bonds is 5. The maximum atomic E-state index is 10.4. The molecule has 0 spiro atoms. The minimum absolute atomic E-state index is 0.230. The Labute approximate surface area is 86.8 Å². The number of hydrogen-bond donors (Lipinski definition) is 3. The van der Waals surface area contributed by atoms with Crippen molar-refractivity contribution in [1.82, 2.24) is 0 Å². The minimum atomic E-state index is -1.23. The monoisotopic (exact) mass is 204 g/mol. The van der Waals surface area contributed by atoms with Gasteiger partial charge in [-0.3, -0.25) is 0 Å². The van der Waals surface area contributed by atoms with E-state index in [1.807, 2.05) is 34.6 Å². The van der Waals surface area contributed by atoms with E-state index in [9.17, 15) is 10.2 Å². The quantitative estimate of drug-likeness (QED) is 0.630. The summed E-state index contributed by atoms with van der Waals surface area (Å²) in [7, 11) is 0. The lowest BCUT2D eigenvalue weighted by Crippen LogP contribution is -2.56. The summed E-state index contributed by atoms with van der Waals surface area (Å²) in [6, 6.07) is 0. The number of aliphatic hydroxyl groups excluding tert-OH is 2. The van der Waals surface area contributed by atoms with Crippen molar-refractivity contribution in [2.24, 2.45) is 11.3 Å². The lowest BCUT2D eigenvalue weighted by molar-refractivity contribution is -0.175. The van der Waals surface area contributed by atoms with Crippen molar-refractivity contribution >= 4 is 0 Å². The van der Waals surface area contributed by atoms with Gasteiger partial charge in [0.15, 0.2) is 0 Å². The molecule has 0 aromatic carbocycles. The highest BCUT2D eigenvalue weighted by Gasteiger charge is 2.48. The van der Waals surface area contributed by atoms with Crippen molar-refractivity contribution in [1.29, 1.82) is 0 Å². The standard InChI is InChI=1S/C11H24O3/c1-6-11(14,9(13)7-12)10(4,5)8(2)3/h8-9,12-14H,6-7H2,1-5H3. The zero-order chi connectivity index (χ0) is 11.6. The Bertz CT molecular complexity index is 177. The second-order valence-corrected chi connectivity index (χ2v) is 4.85. The summed E-state index contributed by atoms with van der Waals surface area (Å²) in [4.78, 5) is 0. The molecule has 0 aliphatic carbocycles. The van der Waals surface area contributed by atoms with Gasteiger partial charge >= 0.3 is 0 Å². The zero-order valence-electron chi connectivity index (χ0n) is 9.91. The first-order valence-electron chi connectivity index (χ1n) is 5.25. The first-order chi connectivity index (χ1) is 6.24. The summed E-state index contributed by atoms with van der Waals surface area (Å²) < 4.78 is 0. The van der Waals surface area contributed by atoms with Crippen molar-refractivity contribution in [2.45, 2.75) is 52.7 Å². The van der Waals surface area contributed by atoms with E-state index in [-0.39, 0.29) is 5.92 Å². The molecule has 2 atom stereocenters. The van der Waals surface area contributed by atoms with Gasteiger partial charge < -0.3 is 15.3 Å². The molecule has 86 valence electrons. The number of aliphatic hydroxyl groups is 3. The minimum Gasteiger partial charge on any atom is -0.394 e. The van der Waals surface area contributed by atoms with E-state index in [1.54, 1.807) is 0 Å². The van der Waals surface area contributed by atoms with Crippen molar-refractivity contribution < 1.29 is 15.3 Å². The van der Waals surface area contributed by atoms with Crippen molar-refractivity contribution in [2.75, 3.05) is 6.61 Å². The molecule has 0 rings (SSSR count). The first kappa shape index (κ1) is 13.9. The van der Waals surface area contributed by atoms with Crippen LogP contribution in [-0.2, 0) is 0 Å². The molecule has 3 N–H and O–H groups in total. The Hall–Kier alpha value is -0.120.